The number of hydrogen-bond acceptors (Lipinski definition) is 5. The summed E-state index contributed by atoms with van der Waals surface area (Å²) in [6, 6.07) is 11.2. The van der Waals surface area contributed by atoms with Gasteiger partial charge in [0.1, 0.15) is 10.6 Å². The molecule has 0 aliphatic rings. The first-order valence-electron chi connectivity index (χ1n) is 7.50. The lowest BCUT2D eigenvalue weighted by Crippen LogP contribution is -2.15. The molecule has 25 heavy (non-hydrogen) atoms. The number of ether oxygens (including phenoxy) is 1. The van der Waals surface area contributed by atoms with E-state index < -0.39 is 5.97 Å². The van der Waals surface area contributed by atoms with E-state index in [1.807, 2.05) is 41.1 Å². The smallest absolute Gasteiger partial charge is 0.341 e. The maximum absolute atomic E-state index is 12.6. The van der Waals surface area contributed by atoms with Gasteiger partial charge in [-0.25, -0.2) is 4.79 Å². The van der Waals surface area contributed by atoms with Crippen LogP contribution in [0.15, 0.2) is 47.2 Å². The Morgan fingerprint density at radius 1 is 1.16 bits per heavy atom. The largest absolute Gasteiger partial charge is 0.462 e. The molecule has 0 bridgehead atoms. The molecule has 1 aromatic carbocycles. The second kappa shape index (κ2) is 8.11. The molecule has 0 unspecified atom stereocenters. The Morgan fingerprint density at radius 2 is 1.96 bits per heavy atom. The molecule has 0 spiro atoms. The molecule has 0 saturated heterocycles. The van der Waals surface area contributed by atoms with E-state index in [9.17, 15) is 9.59 Å². The highest BCUT2D eigenvalue weighted by molar-refractivity contribution is 14.1. The minimum Gasteiger partial charge on any atom is -0.462 e. The van der Waals surface area contributed by atoms with Crippen LogP contribution in [0.25, 0.3) is 10.4 Å². The number of hydrogen-bond donors (Lipinski definition) is 1. The summed E-state index contributed by atoms with van der Waals surface area (Å²) in [4.78, 5) is 26.0. The van der Waals surface area contributed by atoms with E-state index in [1.165, 1.54) is 11.3 Å². The number of carbonyl (C=O) groups excluding carboxylic acids is 2. The lowest BCUT2D eigenvalue weighted by molar-refractivity contribution is 0.0529. The molecule has 7 heteroatoms. The lowest BCUT2D eigenvalue weighted by atomic mass is 10.1. The van der Waals surface area contributed by atoms with Crippen molar-refractivity contribution in [3.63, 3.8) is 0 Å². The van der Waals surface area contributed by atoms with Gasteiger partial charge in [-0.2, -0.15) is 0 Å². The van der Waals surface area contributed by atoms with Gasteiger partial charge in [0, 0.05) is 19.4 Å². The molecule has 0 radical (unpaired) electrons. The zero-order valence-electron chi connectivity index (χ0n) is 13.2. The number of halogens is 1. The van der Waals surface area contributed by atoms with Crippen molar-refractivity contribution >= 4 is 62.1 Å². The number of anilines is 1. The average molecular weight is 483 g/mol. The SMILES string of the molecule is CCOC(=O)c1c(-c2cccs2)csc1NC(=O)c1ccccc1I. The van der Waals surface area contributed by atoms with Gasteiger partial charge in [0.2, 0.25) is 0 Å². The summed E-state index contributed by atoms with van der Waals surface area (Å²) < 4.78 is 6.05. The van der Waals surface area contributed by atoms with Crippen molar-refractivity contribution in [1.82, 2.24) is 0 Å². The van der Waals surface area contributed by atoms with Crippen LogP contribution in [0, 0.1) is 3.57 Å². The molecule has 2 aromatic heterocycles. The standard InChI is InChI=1S/C18H14INO3S2/c1-2-23-18(22)15-12(14-8-5-9-24-14)10-25-17(15)20-16(21)11-6-3-4-7-13(11)19/h3-10H,2H2,1H3,(H,20,21). The fourth-order valence-electron chi connectivity index (χ4n) is 2.28. The molecule has 128 valence electrons. The van der Waals surface area contributed by atoms with E-state index in [0.717, 1.165) is 14.0 Å². The van der Waals surface area contributed by atoms with Gasteiger partial charge in [0.25, 0.3) is 5.91 Å². The normalized spacial score (nSPS) is 10.5. The minimum atomic E-state index is -0.426. The van der Waals surface area contributed by atoms with E-state index >= 15 is 0 Å². The van der Waals surface area contributed by atoms with Crippen molar-refractivity contribution in [2.75, 3.05) is 11.9 Å². The molecular formula is C18H14INO3S2. The maximum atomic E-state index is 12.6. The van der Waals surface area contributed by atoms with Crippen LogP contribution in [0.2, 0.25) is 0 Å². The molecule has 1 N–H and O–H groups in total. The monoisotopic (exact) mass is 483 g/mol. The van der Waals surface area contributed by atoms with Gasteiger partial charge in [-0.1, -0.05) is 18.2 Å². The van der Waals surface area contributed by atoms with Gasteiger partial charge in [-0.05, 0) is 53.1 Å². The first-order valence-corrected chi connectivity index (χ1v) is 10.3. The zero-order chi connectivity index (χ0) is 17.8. The topological polar surface area (TPSA) is 55.4 Å². The highest BCUT2D eigenvalue weighted by atomic mass is 127. The van der Waals surface area contributed by atoms with Crippen LogP contribution in [0.5, 0.6) is 0 Å². The van der Waals surface area contributed by atoms with Crippen molar-refractivity contribution in [1.29, 1.82) is 0 Å². The zero-order valence-corrected chi connectivity index (χ0v) is 17.0. The highest BCUT2D eigenvalue weighted by Gasteiger charge is 2.23. The highest BCUT2D eigenvalue weighted by Crippen LogP contribution is 2.38. The van der Waals surface area contributed by atoms with Crippen molar-refractivity contribution in [2.24, 2.45) is 0 Å². The van der Waals surface area contributed by atoms with Crippen LogP contribution in [0.1, 0.15) is 27.6 Å². The Hall–Kier alpha value is -1.71. The van der Waals surface area contributed by atoms with Gasteiger partial charge in [0.15, 0.2) is 0 Å². The second-order valence-corrected chi connectivity index (χ2v) is 7.97. The second-order valence-electron chi connectivity index (χ2n) is 4.99. The number of esters is 1. The van der Waals surface area contributed by atoms with Crippen LogP contribution < -0.4 is 5.32 Å². The van der Waals surface area contributed by atoms with Crippen molar-refractivity contribution in [3.8, 4) is 10.4 Å². The number of carbonyl (C=O) groups is 2. The van der Waals surface area contributed by atoms with E-state index in [1.54, 1.807) is 24.3 Å². The maximum Gasteiger partial charge on any atom is 0.341 e. The average Bonchev–Trinajstić information content (AvgIpc) is 3.24. The van der Waals surface area contributed by atoms with Gasteiger partial charge >= 0.3 is 5.97 Å². The van der Waals surface area contributed by atoms with Crippen LogP contribution in [-0.4, -0.2) is 18.5 Å². The molecule has 2 heterocycles. The Morgan fingerprint density at radius 3 is 2.64 bits per heavy atom. The molecule has 3 rings (SSSR count). The molecule has 0 fully saturated rings. The molecule has 0 aliphatic carbocycles. The number of rotatable bonds is 5. The third-order valence-corrected chi connectivity index (χ3v) is 6.14. The van der Waals surface area contributed by atoms with Crippen molar-refractivity contribution < 1.29 is 14.3 Å². The van der Waals surface area contributed by atoms with Gasteiger partial charge in [-0.15, -0.1) is 22.7 Å². The van der Waals surface area contributed by atoms with Crippen LogP contribution in [0.4, 0.5) is 5.00 Å². The Bertz CT molecular complexity index is 903. The summed E-state index contributed by atoms with van der Waals surface area (Å²) in [6.07, 6.45) is 0. The molecule has 0 saturated carbocycles. The lowest BCUT2D eigenvalue weighted by Gasteiger charge is -2.09. The van der Waals surface area contributed by atoms with Gasteiger partial charge in [0.05, 0.1) is 12.2 Å². The summed E-state index contributed by atoms with van der Waals surface area (Å²) in [6.45, 7) is 2.04. The summed E-state index contributed by atoms with van der Waals surface area (Å²) in [7, 11) is 0. The predicted molar refractivity (Wildman–Crippen MR) is 111 cm³/mol. The summed E-state index contributed by atoms with van der Waals surface area (Å²) >= 11 is 4.99. The minimum absolute atomic E-state index is 0.241. The molecule has 4 nitrogen and oxygen atoms in total. The fraction of sp³-hybridized carbons (Fsp3) is 0.111. The van der Waals surface area contributed by atoms with Crippen molar-refractivity contribution in [3.05, 3.63) is 61.9 Å². The predicted octanol–water partition coefficient (Wildman–Crippen LogP) is 5.51. The van der Waals surface area contributed by atoms with E-state index in [4.69, 9.17) is 4.74 Å². The molecule has 1 amide bonds. The summed E-state index contributed by atoms with van der Waals surface area (Å²) in [5.74, 6) is -0.666. The van der Waals surface area contributed by atoms with Gasteiger partial charge < -0.3 is 10.1 Å². The Labute approximate surface area is 167 Å². The first-order chi connectivity index (χ1) is 12.1. The fourth-order valence-corrected chi connectivity index (χ4v) is 4.68. The van der Waals surface area contributed by atoms with E-state index in [-0.39, 0.29) is 12.5 Å². The Balaban J connectivity index is 1.97. The number of amides is 1. The molecular weight excluding hydrogens is 469 g/mol. The third kappa shape index (κ3) is 3.94. The quantitative estimate of drug-likeness (QED) is 0.385. The number of nitrogens with one attached hydrogen (secondary N) is 1. The number of thiophene rings is 2. The van der Waals surface area contributed by atoms with Crippen LogP contribution in [-0.2, 0) is 4.74 Å². The van der Waals surface area contributed by atoms with Crippen LogP contribution >= 0.6 is 45.3 Å². The Kier molecular flexibility index (Phi) is 5.87. The third-order valence-electron chi connectivity index (χ3n) is 3.40. The summed E-state index contributed by atoms with van der Waals surface area (Å²) in [5, 5.41) is 7.20. The molecule has 0 aliphatic heterocycles. The first kappa shape index (κ1) is 18.1. The molecule has 3 aromatic rings. The summed E-state index contributed by atoms with van der Waals surface area (Å²) in [5.41, 5.74) is 1.77. The van der Waals surface area contributed by atoms with Gasteiger partial charge in [-0.3, -0.25) is 4.79 Å². The van der Waals surface area contributed by atoms with Crippen molar-refractivity contribution in [2.45, 2.75) is 6.92 Å². The molecule has 0 atom stereocenters. The van der Waals surface area contributed by atoms with Crippen LogP contribution in [0.3, 0.4) is 0 Å². The van der Waals surface area contributed by atoms with E-state index in [0.29, 0.717) is 16.1 Å². The number of benzene rings is 1. The van der Waals surface area contributed by atoms with E-state index in [2.05, 4.69) is 27.9 Å².